The van der Waals surface area contributed by atoms with Gasteiger partial charge in [-0.05, 0) is 42.5 Å². The quantitative estimate of drug-likeness (QED) is 0.0486. The third-order valence-electron chi connectivity index (χ3n) is 10.1. The molecule has 6 rings (SSSR count). The van der Waals surface area contributed by atoms with Crippen LogP contribution in [0.2, 0.25) is 13.3 Å². The van der Waals surface area contributed by atoms with Gasteiger partial charge in [0.2, 0.25) is 0 Å². The van der Waals surface area contributed by atoms with Gasteiger partial charge in [0.1, 0.15) is 35.8 Å². The first-order valence-electron chi connectivity index (χ1n) is 20.2. The van der Waals surface area contributed by atoms with E-state index in [1.54, 1.807) is 16.0 Å². The molecule has 0 saturated heterocycles. The molecule has 0 radical (unpaired) electrons. The molecule has 0 saturated carbocycles. The Hall–Kier alpha value is -4.90. The van der Waals surface area contributed by atoms with Crippen LogP contribution in [0.15, 0.2) is 97.3 Å². The number of halogens is 3. The molecule has 4 aromatic rings. The zero-order chi connectivity index (χ0) is 44.5. The number of esters is 2. The van der Waals surface area contributed by atoms with Gasteiger partial charge in [-0.3, -0.25) is 4.98 Å². The van der Waals surface area contributed by atoms with Crippen LogP contribution in [0.3, 0.4) is 0 Å². The van der Waals surface area contributed by atoms with Crippen LogP contribution in [-0.2, 0) is 23.8 Å². The molecule has 0 N–H and O–H groups in total. The predicted molar refractivity (Wildman–Crippen MR) is 244 cm³/mol. The SMILES string of the molecule is C.C.CCC[CH2][Sn]([CH2]CCC)([CH2]CCC)[c]1ccccn1.COC(=O)c1cccc2c1OCC=C2OS(=O)(=O)C(F)(F)F.COC(=O)c1cccc2c1OCC=C2c1ccccn1. The average molecular weight is 1010 g/mol. The largest absolute Gasteiger partial charge is 0.534 e. The number of carbonyl (C=O) groups is 2. The molecule has 0 spiro atoms. The van der Waals surface area contributed by atoms with Crippen LogP contribution in [0.4, 0.5) is 13.2 Å². The Kier molecular flexibility index (Phi) is 22.4. The van der Waals surface area contributed by atoms with Crippen molar-refractivity contribution in [1.82, 2.24) is 9.97 Å². The maximum absolute atomic E-state index is 12.4. The molecule has 0 fully saturated rings. The monoisotopic (exact) mass is 1010 g/mol. The summed E-state index contributed by atoms with van der Waals surface area (Å²) in [6.07, 6.45) is 15.0. The van der Waals surface area contributed by atoms with E-state index in [4.69, 9.17) is 19.2 Å². The van der Waals surface area contributed by atoms with Crippen molar-refractivity contribution < 1.29 is 54.3 Å². The first-order valence-corrected chi connectivity index (χ1v) is 29.1. The number of hydrogen-bond donors (Lipinski definition) is 0. The number of alkyl halides is 3. The second-order valence-corrected chi connectivity index (χ2v) is 28.7. The van der Waals surface area contributed by atoms with Crippen molar-refractivity contribution in [2.45, 2.75) is 93.0 Å². The number of hydrogen-bond acceptors (Lipinski definition) is 11. The molecular formula is C47H61F3N2O9SSn. The molecule has 2 aliphatic heterocycles. The molecule has 344 valence electrons. The van der Waals surface area contributed by atoms with Crippen LogP contribution in [0.5, 0.6) is 11.5 Å². The van der Waals surface area contributed by atoms with E-state index in [9.17, 15) is 31.2 Å². The smallest absolute Gasteiger partial charge is 0.488 e. The van der Waals surface area contributed by atoms with E-state index >= 15 is 0 Å². The molecule has 0 unspecified atom stereocenters. The maximum Gasteiger partial charge on any atom is 0.534 e. The first kappa shape index (κ1) is 54.2. The summed E-state index contributed by atoms with van der Waals surface area (Å²) in [5, 5.41) is 0. The second kappa shape index (κ2) is 26.0. The molecule has 0 aliphatic carbocycles. The summed E-state index contributed by atoms with van der Waals surface area (Å²) in [5.74, 6) is -1.29. The fraction of sp³-hybridized carbons (Fsp3) is 0.404. The van der Waals surface area contributed by atoms with E-state index in [1.807, 2.05) is 42.6 Å². The zero-order valence-electron chi connectivity index (χ0n) is 35.1. The number of carbonyl (C=O) groups excluding carboxylic acids is 2. The summed E-state index contributed by atoms with van der Waals surface area (Å²) in [6, 6.07) is 21.7. The van der Waals surface area contributed by atoms with Crippen molar-refractivity contribution in [3.05, 3.63) is 125 Å². The van der Waals surface area contributed by atoms with Gasteiger partial charge in [0, 0.05) is 17.3 Å². The Bertz CT molecular complexity index is 2220. The van der Waals surface area contributed by atoms with Gasteiger partial charge in [0.05, 0.1) is 25.5 Å². The Morgan fingerprint density at radius 2 is 1.17 bits per heavy atom. The van der Waals surface area contributed by atoms with E-state index < -0.39 is 51.7 Å². The Balaban J connectivity index is 0.000000321. The number of unbranched alkanes of at least 4 members (excludes halogenated alkanes) is 3. The Morgan fingerprint density at radius 1 is 0.683 bits per heavy atom. The fourth-order valence-corrected chi connectivity index (χ4v) is 22.9. The number of pyridine rings is 2. The molecule has 2 aromatic heterocycles. The predicted octanol–water partition coefficient (Wildman–Crippen LogP) is 11.2. The second-order valence-electron chi connectivity index (χ2n) is 14.2. The van der Waals surface area contributed by atoms with Crippen molar-refractivity contribution in [3.8, 4) is 11.5 Å². The number of para-hydroxylation sites is 2. The van der Waals surface area contributed by atoms with Gasteiger partial charge < -0.3 is 23.1 Å². The van der Waals surface area contributed by atoms with Gasteiger partial charge in [-0.1, -0.05) is 39.1 Å². The van der Waals surface area contributed by atoms with Crippen molar-refractivity contribution in [3.63, 3.8) is 0 Å². The average Bonchev–Trinajstić information content (AvgIpc) is 3.28. The fourth-order valence-electron chi connectivity index (χ4n) is 6.95. The third kappa shape index (κ3) is 14.3. The Labute approximate surface area is 375 Å². The standard InChI is InChI=1S/C16H13NO3.C12H9F3O6S.C5H4N.3C4H9.2CH4.Sn/c1-19-16(18)13-6-4-5-12-11(8-10-20-15(12)13)14-7-2-3-9-17-14;1-19-11(16)8-4-2-3-7-9(5-6-20-10(7)8)21-22(17,18)12(13,14)15;1-2-4-6-5-3-1;3*1-3-4-2;;;/h2-9H,10H2,1H3;2-5H,6H2,1H3;1-4H;3*1,3-4H2,2H3;2*1H4;. The molecular weight excluding hydrogens is 944 g/mol. The van der Waals surface area contributed by atoms with Crippen molar-refractivity contribution in [2.75, 3.05) is 27.4 Å². The summed E-state index contributed by atoms with van der Waals surface area (Å²) in [6.45, 7) is 7.13. The van der Waals surface area contributed by atoms with Gasteiger partial charge in [-0.2, -0.15) is 21.6 Å². The molecule has 2 aliphatic rings. The summed E-state index contributed by atoms with van der Waals surface area (Å²) >= 11 is -2.21. The molecule has 2 aromatic carbocycles. The van der Waals surface area contributed by atoms with Crippen molar-refractivity contribution in [2.24, 2.45) is 0 Å². The van der Waals surface area contributed by atoms with E-state index in [-0.39, 0.29) is 38.3 Å². The van der Waals surface area contributed by atoms with Gasteiger partial charge in [0.15, 0.2) is 5.76 Å². The number of methoxy groups -OCH3 is 2. The van der Waals surface area contributed by atoms with E-state index in [0.29, 0.717) is 17.9 Å². The third-order valence-corrected chi connectivity index (χ3v) is 26.2. The van der Waals surface area contributed by atoms with Gasteiger partial charge in [-0.15, -0.1) is 0 Å². The molecule has 63 heavy (non-hydrogen) atoms. The van der Waals surface area contributed by atoms with Crippen LogP contribution in [0, 0.1) is 0 Å². The van der Waals surface area contributed by atoms with E-state index in [2.05, 4.69) is 52.9 Å². The molecule has 0 amide bonds. The first-order chi connectivity index (χ1) is 29.3. The van der Waals surface area contributed by atoms with Gasteiger partial charge in [0.25, 0.3) is 0 Å². The minimum absolute atomic E-state index is 0. The summed E-state index contributed by atoms with van der Waals surface area (Å²) in [5.41, 5.74) is -2.59. The topological polar surface area (TPSA) is 140 Å². The van der Waals surface area contributed by atoms with Gasteiger partial charge in [-0.25, -0.2) is 9.59 Å². The number of fused-ring (bicyclic) bond motifs is 2. The minimum atomic E-state index is -5.82. The number of benzene rings is 2. The van der Waals surface area contributed by atoms with Crippen molar-refractivity contribution >= 4 is 55.5 Å². The van der Waals surface area contributed by atoms with Crippen LogP contribution in [0.1, 0.15) is 112 Å². The van der Waals surface area contributed by atoms with Gasteiger partial charge >= 0.3 is 152 Å². The number of aromatic nitrogens is 2. The summed E-state index contributed by atoms with van der Waals surface area (Å²) < 4.78 is 89.6. The van der Waals surface area contributed by atoms with Crippen LogP contribution in [-0.4, -0.2) is 81.6 Å². The van der Waals surface area contributed by atoms with Crippen LogP contribution < -0.4 is 13.2 Å². The molecule has 0 bridgehead atoms. The summed E-state index contributed by atoms with van der Waals surface area (Å²) in [7, 11) is -3.34. The normalized spacial score (nSPS) is 12.7. The molecule has 4 heterocycles. The number of ether oxygens (including phenoxy) is 4. The molecule has 0 atom stereocenters. The minimum Gasteiger partial charge on any atom is -0.488 e. The zero-order valence-corrected chi connectivity index (χ0v) is 38.8. The molecule has 16 heteroatoms. The van der Waals surface area contributed by atoms with Crippen LogP contribution in [0.25, 0.3) is 11.3 Å². The Morgan fingerprint density at radius 3 is 1.63 bits per heavy atom. The van der Waals surface area contributed by atoms with E-state index in [1.165, 1.54) is 77.1 Å². The number of nitrogens with zero attached hydrogens (tertiary/aromatic N) is 2. The van der Waals surface area contributed by atoms with Crippen molar-refractivity contribution in [1.29, 1.82) is 0 Å². The maximum atomic E-state index is 12.4. The van der Waals surface area contributed by atoms with E-state index in [0.717, 1.165) is 30.0 Å². The van der Waals surface area contributed by atoms with Crippen LogP contribution >= 0.6 is 0 Å². The summed E-state index contributed by atoms with van der Waals surface area (Å²) in [4.78, 5) is 32.5. The molecule has 11 nitrogen and oxygen atoms in total. The number of rotatable bonds is 15.